The molecule has 0 aliphatic heterocycles. The molecule has 5 nitrogen and oxygen atoms in total. The molecule has 1 fully saturated rings. The van der Waals surface area contributed by atoms with E-state index < -0.39 is 6.04 Å². The van der Waals surface area contributed by atoms with Crippen molar-refractivity contribution in [3.8, 4) is 0 Å². The van der Waals surface area contributed by atoms with Gasteiger partial charge in [-0.2, -0.15) is 0 Å². The molecule has 1 N–H and O–H groups in total. The Bertz CT molecular complexity index is 790. The number of nitrogens with zero attached hydrogens (tertiary/aromatic N) is 3. The first-order chi connectivity index (χ1) is 13.5. The van der Waals surface area contributed by atoms with Gasteiger partial charge in [-0.15, -0.1) is 0 Å². The molecule has 0 unspecified atom stereocenters. The first kappa shape index (κ1) is 20.3. The number of amides is 1. The number of aromatic nitrogens is 1. The van der Waals surface area contributed by atoms with E-state index in [9.17, 15) is 9.18 Å². The Labute approximate surface area is 166 Å². The summed E-state index contributed by atoms with van der Waals surface area (Å²) in [7, 11) is 5.62. The normalized spacial score (nSPS) is 16.0. The Kier molecular flexibility index (Phi) is 6.62. The summed E-state index contributed by atoms with van der Waals surface area (Å²) in [5.74, 6) is -0.528. The minimum atomic E-state index is -0.499. The molecule has 2 aromatic rings. The third kappa shape index (κ3) is 4.68. The van der Waals surface area contributed by atoms with Crippen LogP contribution in [0.1, 0.15) is 43.7 Å². The van der Waals surface area contributed by atoms with E-state index in [2.05, 4.69) is 10.3 Å². The zero-order chi connectivity index (χ0) is 20.1. The van der Waals surface area contributed by atoms with E-state index >= 15 is 0 Å². The van der Waals surface area contributed by atoms with E-state index in [0.717, 1.165) is 18.4 Å². The maximum Gasteiger partial charge on any atom is 0.246 e. The summed E-state index contributed by atoms with van der Waals surface area (Å²) in [5, 5.41) is 2.84. The first-order valence-corrected chi connectivity index (χ1v) is 9.87. The van der Waals surface area contributed by atoms with E-state index in [1.54, 1.807) is 30.6 Å². The van der Waals surface area contributed by atoms with Crippen LogP contribution in [0, 0.1) is 5.82 Å². The van der Waals surface area contributed by atoms with Crippen LogP contribution in [0.25, 0.3) is 0 Å². The van der Waals surface area contributed by atoms with Gasteiger partial charge in [0.1, 0.15) is 11.9 Å². The molecular formula is C22H29FN4O. The Morgan fingerprint density at radius 3 is 2.54 bits per heavy atom. The average molecular weight is 384 g/mol. The number of rotatable bonds is 6. The second-order valence-corrected chi connectivity index (χ2v) is 7.71. The monoisotopic (exact) mass is 384 g/mol. The van der Waals surface area contributed by atoms with Crippen LogP contribution in [0.15, 0.2) is 42.7 Å². The number of hydrogen-bond donors (Lipinski definition) is 1. The molecule has 1 atom stereocenters. The van der Waals surface area contributed by atoms with Crippen LogP contribution in [-0.4, -0.2) is 43.0 Å². The van der Waals surface area contributed by atoms with Crippen molar-refractivity contribution in [2.24, 2.45) is 0 Å². The number of anilines is 2. The molecule has 3 rings (SSSR count). The summed E-state index contributed by atoms with van der Waals surface area (Å²) in [6.07, 6.45) is 9.21. The Hall–Kier alpha value is -2.47. The lowest BCUT2D eigenvalue weighted by Gasteiger charge is -2.33. The maximum atomic E-state index is 14.8. The van der Waals surface area contributed by atoms with E-state index in [1.807, 2.05) is 37.0 Å². The molecule has 0 bridgehead atoms. The number of halogens is 1. The van der Waals surface area contributed by atoms with Crippen molar-refractivity contribution >= 4 is 17.3 Å². The highest BCUT2D eigenvalue weighted by atomic mass is 19.1. The molecule has 1 saturated carbocycles. The minimum absolute atomic E-state index is 0.217. The number of nitrogens with one attached hydrogen (secondary N) is 1. The zero-order valence-corrected chi connectivity index (χ0v) is 16.9. The molecule has 1 aromatic carbocycles. The van der Waals surface area contributed by atoms with Gasteiger partial charge in [-0.25, -0.2) is 4.39 Å². The lowest BCUT2D eigenvalue weighted by Crippen LogP contribution is -2.34. The fourth-order valence-corrected chi connectivity index (χ4v) is 3.97. The van der Waals surface area contributed by atoms with E-state index in [1.165, 1.54) is 25.3 Å². The molecule has 1 heterocycles. The third-order valence-electron chi connectivity index (χ3n) is 5.48. The highest BCUT2D eigenvalue weighted by Gasteiger charge is 2.24. The lowest BCUT2D eigenvalue weighted by atomic mass is 9.94. The molecule has 28 heavy (non-hydrogen) atoms. The second kappa shape index (κ2) is 9.15. The lowest BCUT2D eigenvalue weighted by molar-refractivity contribution is -0.120. The zero-order valence-electron chi connectivity index (χ0n) is 16.9. The fourth-order valence-electron chi connectivity index (χ4n) is 3.97. The Morgan fingerprint density at radius 1 is 1.18 bits per heavy atom. The van der Waals surface area contributed by atoms with Gasteiger partial charge < -0.3 is 10.2 Å². The summed E-state index contributed by atoms with van der Waals surface area (Å²) in [6, 6.07) is 8.48. The van der Waals surface area contributed by atoms with E-state index in [0.29, 0.717) is 17.4 Å². The highest BCUT2D eigenvalue weighted by Crippen LogP contribution is 2.29. The number of carbonyl (C=O) groups excluding carboxylic acids is 1. The van der Waals surface area contributed by atoms with Crippen molar-refractivity contribution in [2.45, 2.75) is 44.2 Å². The van der Waals surface area contributed by atoms with Gasteiger partial charge in [0.05, 0.1) is 5.69 Å². The van der Waals surface area contributed by atoms with Crippen molar-refractivity contribution in [1.29, 1.82) is 0 Å². The Balaban J connectivity index is 1.73. The Morgan fingerprint density at radius 2 is 1.93 bits per heavy atom. The molecule has 0 radical (unpaired) electrons. The predicted octanol–water partition coefficient (Wildman–Crippen LogP) is 4.23. The third-order valence-corrected chi connectivity index (χ3v) is 5.48. The van der Waals surface area contributed by atoms with Gasteiger partial charge >= 0.3 is 0 Å². The van der Waals surface area contributed by atoms with Gasteiger partial charge in [0.15, 0.2) is 0 Å². The number of hydrogen-bond acceptors (Lipinski definition) is 4. The smallest absolute Gasteiger partial charge is 0.246 e. The van der Waals surface area contributed by atoms with Crippen LogP contribution in [0.2, 0.25) is 0 Å². The second-order valence-electron chi connectivity index (χ2n) is 7.71. The fraction of sp³-hybridized carbons (Fsp3) is 0.455. The topological polar surface area (TPSA) is 48.5 Å². The number of benzene rings is 1. The van der Waals surface area contributed by atoms with Crippen molar-refractivity contribution in [2.75, 3.05) is 31.4 Å². The van der Waals surface area contributed by atoms with Gasteiger partial charge in [-0.05, 0) is 56.8 Å². The quantitative estimate of drug-likeness (QED) is 0.810. The molecule has 0 spiro atoms. The molecule has 0 saturated heterocycles. The summed E-state index contributed by atoms with van der Waals surface area (Å²) in [5.41, 5.74) is 1.83. The van der Waals surface area contributed by atoms with E-state index in [-0.39, 0.29) is 11.7 Å². The first-order valence-electron chi connectivity index (χ1n) is 9.87. The summed E-state index contributed by atoms with van der Waals surface area (Å²) in [6.45, 7) is 0. The van der Waals surface area contributed by atoms with Crippen molar-refractivity contribution in [1.82, 2.24) is 9.88 Å². The SMILES string of the molecule is CN(c1ccc(NC(=O)[C@H](c2cccnc2)N(C)C)cc1F)C1CCCCC1. The number of likely N-dealkylation sites (N-methyl/N-ethyl adjacent to an activating group) is 1. The van der Waals surface area contributed by atoms with Gasteiger partial charge in [0.25, 0.3) is 0 Å². The van der Waals surface area contributed by atoms with Gasteiger partial charge in [-0.3, -0.25) is 14.7 Å². The van der Waals surface area contributed by atoms with Gasteiger partial charge in [0.2, 0.25) is 5.91 Å². The van der Waals surface area contributed by atoms with Crippen molar-refractivity contribution in [3.05, 3.63) is 54.1 Å². The maximum absolute atomic E-state index is 14.8. The number of carbonyl (C=O) groups is 1. The van der Waals surface area contributed by atoms with Crippen LogP contribution in [0.5, 0.6) is 0 Å². The van der Waals surface area contributed by atoms with Crippen LogP contribution < -0.4 is 10.2 Å². The molecule has 6 heteroatoms. The number of pyridine rings is 1. The molecular weight excluding hydrogens is 355 g/mol. The van der Waals surface area contributed by atoms with Crippen LogP contribution in [0.3, 0.4) is 0 Å². The minimum Gasteiger partial charge on any atom is -0.369 e. The standard InChI is InChI=1S/C22H29FN4O/c1-26(2)21(16-8-7-13-24-15-16)22(28)25-17-11-12-20(19(23)14-17)27(3)18-9-5-4-6-10-18/h7-8,11-15,18,21H,4-6,9-10H2,1-3H3,(H,25,28)/t21-/m0/s1. The van der Waals surface area contributed by atoms with Crippen LogP contribution >= 0.6 is 0 Å². The van der Waals surface area contributed by atoms with Crippen molar-refractivity contribution in [3.63, 3.8) is 0 Å². The highest BCUT2D eigenvalue weighted by molar-refractivity contribution is 5.95. The van der Waals surface area contributed by atoms with Gasteiger partial charge in [-0.1, -0.05) is 25.3 Å². The molecule has 1 aliphatic carbocycles. The largest absolute Gasteiger partial charge is 0.369 e. The van der Waals surface area contributed by atoms with E-state index in [4.69, 9.17) is 0 Å². The van der Waals surface area contributed by atoms with Crippen molar-refractivity contribution < 1.29 is 9.18 Å². The van der Waals surface area contributed by atoms with Gasteiger partial charge in [0, 0.05) is 31.2 Å². The summed E-state index contributed by atoms with van der Waals surface area (Å²) in [4.78, 5) is 20.8. The van der Waals surface area contributed by atoms with Crippen LogP contribution in [0.4, 0.5) is 15.8 Å². The molecule has 1 aromatic heterocycles. The predicted molar refractivity (Wildman–Crippen MR) is 111 cm³/mol. The summed E-state index contributed by atoms with van der Waals surface area (Å²) < 4.78 is 14.8. The average Bonchev–Trinajstić information content (AvgIpc) is 2.69. The molecule has 1 aliphatic rings. The van der Waals surface area contributed by atoms with Crippen LogP contribution in [-0.2, 0) is 4.79 Å². The molecule has 150 valence electrons. The summed E-state index contributed by atoms with van der Waals surface area (Å²) >= 11 is 0. The molecule has 1 amide bonds.